The van der Waals surface area contributed by atoms with Crippen LogP contribution in [0.3, 0.4) is 0 Å². The Morgan fingerprint density at radius 1 is 1.44 bits per heavy atom. The lowest BCUT2D eigenvalue weighted by Gasteiger charge is -2.24. The number of methoxy groups -OCH3 is 1. The van der Waals surface area contributed by atoms with Crippen LogP contribution in [0.15, 0.2) is 24.5 Å². The number of ether oxygens (including phenoxy) is 1. The molecular weight excluding hydrogens is 322 g/mol. The van der Waals surface area contributed by atoms with Crippen molar-refractivity contribution < 1.29 is 14.3 Å². The summed E-state index contributed by atoms with van der Waals surface area (Å²) in [6.07, 6.45) is 4.79. The lowest BCUT2D eigenvalue weighted by molar-refractivity contribution is -0.121. The van der Waals surface area contributed by atoms with Crippen LogP contribution in [-0.2, 0) is 22.5 Å². The van der Waals surface area contributed by atoms with E-state index >= 15 is 0 Å². The molecular formula is C17H17N5O3. The van der Waals surface area contributed by atoms with E-state index in [-0.39, 0.29) is 24.1 Å². The van der Waals surface area contributed by atoms with Gasteiger partial charge in [-0.05, 0) is 30.5 Å². The number of amides is 1. The van der Waals surface area contributed by atoms with Gasteiger partial charge in [0.2, 0.25) is 5.91 Å². The van der Waals surface area contributed by atoms with Crippen molar-refractivity contribution in [3.63, 3.8) is 0 Å². The first-order valence-corrected chi connectivity index (χ1v) is 7.90. The second-order valence-electron chi connectivity index (χ2n) is 5.80. The Kier molecular flexibility index (Phi) is 4.75. The van der Waals surface area contributed by atoms with E-state index in [1.165, 1.54) is 13.3 Å². The van der Waals surface area contributed by atoms with Gasteiger partial charge in [-0.1, -0.05) is 0 Å². The molecule has 128 valence electrons. The molecule has 0 aromatic carbocycles. The monoisotopic (exact) mass is 339 g/mol. The van der Waals surface area contributed by atoms with Gasteiger partial charge in [-0.25, -0.2) is 4.79 Å². The molecule has 1 amide bonds. The number of carbonyl (C=O) groups is 2. The minimum absolute atomic E-state index is 0.136. The Balaban J connectivity index is 1.71. The van der Waals surface area contributed by atoms with Gasteiger partial charge >= 0.3 is 5.97 Å². The maximum Gasteiger partial charge on any atom is 0.358 e. The van der Waals surface area contributed by atoms with E-state index in [1.54, 1.807) is 23.0 Å². The third-order valence-corrected chi connectivity index (χ3v) is 4.05. The first-order chi connectivity index (χ1) is 12.1. The molecule has 8 heteroatoms. The molecule has 0 fully saturated rings. The number of pyridine rings is 1. The van der Waals surface area contributed by atoms with Gasteiger partial charge in [0.15, 0.2) is 5.69 Å². The molecule has 8 nitrogen and oxygen atoms in total. The number of nitrogens with one attached hydrogen (secondary N) is 1. The van der Waals surface area contributed by atoms with E-state index in [1.807, 2.05) is 6.07 Å². The minimum atomic E-state index is -0.494. The Bertz CT molecular complexity index is 852. The molecule has 2 aromatic rings. The highest BCUT2D eigenvalue weighted by atomic mass is 16.5. The molecule has 1 aliphatic heterocycles. The van der Waals surface area contributed by atoms with Gasteiger partial charge in [0.05, 0.1) is 30.8 Å². The normalized spacial score (nSPS) is 15.8. The first kappa shape index (κ1) is 16.6. The van der Waals surface area contributed by atoms with Gasteiger partial charge in [0, 0.05) is 18.9 Å². The highest BCUT2D eigenvalue weighted by molar-refractivity contribution is 5.87. The van der Waals surface area contributed by atoms with Crippen LogP contribution in [-0.4, -0.2) is 33.8 Å². The van der Waals surface area contributed by atoms with Gasteiger partial charge < -0.3 is 10.1 Å². The average Bonchev–Trinajstić information content (AvgIpc) is 3.06. The standard InChI is InChI=1S/C17H17N5O3/c1-25-17(24)14-7-15-13(3-2-4-22(15)21-14)20-16(23)6-11-5-12(8-18)10-19-9-11/h5,7,9-10,13H,2-4,6H2,1H3,(H,20,23). The molecule has 1 unspecified atom stereocenters. The Hall–Kier alpha value is -3.21. The number of esters is 1. The molecule has 3 heterocycles. The lowest BCUT2D eigenvalue weighted by atomic mass is 10.0. The number of hydrogen-bond donors (Lipinski definition) is 1. The molecule has 2 aromatic heterocycles. The van der Waals surface area contributed by atoms with Gasteiger partial charge in [-0.2, -0.15) is 10.4 Å². The molecule has 0 radical (unpaired) electrons. The summed E-state index contributed by atoms with van der Waals surface area (Å²) in [6, 6.07) is 5.10. The maximum absolute atomic E-state index is 12.3. The van der Waals surface area contributed by atoms with Crippen LogP contribution in [0.2, 0.25) is 0 Å². The highest BCUT2D eigenvalue weighted by Gasteiger charge is 2.26. The molecule has 0 saturated heterocycles. The number of nitriles is 1. The van der Waals surface area contributed by atoms with Crippen molar-refractivity contribution in [1.82, 2.24) is 20.1 Å². The van der Waals surface area contributed by atoms with Crippen molar-refractivity contribution in [2.45, 2.75) is 31.8 Å². The van der Waals surface area contributed by atoms with Gasteiger partial charge in [0.1, 0.15) is 6.07 Å². The zero-order valence-electron chi connectivity index (χ0n) is 13.7. The van der Waals surface area contributed by atoms with Crippen molar-refractivity contribution in [2.24, 2.45) is 0 Å². The molecule has 1 N–H and O–H groups in total. The van der Waals surface area contributed by atoms with Crippen LogP contribution >= 0.6 is 0 Å². The van der Waals surface area contributed by atoms with E-state index in [9.17, 15) is 9.59 Å². The van der Waals surface area contributed by atoms with Gasteiger partial charge in [-0.15, -0.1) is 0 Å². The Labute approximate surface area is 144 Å². The van der Waals surface area contributed by atoms with Crippen LogP contribution in [0.25, 0.3) is 0 Å². The highest BCUT2D eigenvalue weighted by Crippen LogP contribution is 2.25. The number of fused-ring (bicyclic) bond motifs is 1. The summed E-state index contributed by atoms with van der Waals surface area (Å²) in [5.41, 5.74) is 2.13. The molecule has 0 saturated carbocycles. The number of rotatable bonds is 4. The molecule has 0 aliphatic carbocycles. The quantitative estimate of drug-likeness (QED) is 0.836. The number of hydrogen-bond acceptors (Lipinski definition) is 6. The summed E-state index contributed by atoms with van der Waals surface area (Å²) in [7, 11) is 1.31. The third-order valence-electron chi connectivity index (χ3n) is 4.05. The molecule has 3 rings (SSSR count). The Morgan fingerprint density at radius 2 is 2.28 bits per heavy atom. The summed E-state index contributed by atoms with van der Waals surface area (Å²) in [6.45, 7) is 0.701. The number of nitrogens with zero attached hydrogens (tertiary/aromatic N) is 4. The fraction of sp³-hybridized carbons (Fsp3) is 0.353. The third kappa shape index (κ3) is 3.66. The predicted molar refractivity (Wildman–Crippen MR) is 86.3 cm³/mol. The minimum Gasteiger partial charge on any atom is -0.464 e. The molecule has 1 aliphatic rings. The van der Waals surface area contributed by atoms with E-state index in [0.29, 0.717) is 17.7 Å². The van der Waals surface area contributed by atoms with E-state index < -0.39 is 5.97 Å². The van der Waals surface area contributed by atoms with Crippen molar-refractivity contribution in [3.05, 3.63) is 47.0 Å². The smallest absolute Gasteiger partial charge is 0.358 e. The van der Waals surface area contributed by atoms with Crippen LogP contribution in [0.4, 0.5) is 0 Å². The Morgan fingerprint density at radius 3 is 3.04 bits per heavy atom. The average molecular weight is 339 g/mol. The maximum atomic E-state index is 12.3. The van der Waals surface area contributed by atoms with Crippen LogP contribution in [0.5, 0.6) is 0 Å². The van der Waals surface area contributed by atoms with Crippen molar-refractivity contribution in [3.8, 4) is 6.07 Å². The van der Waals surface area contributed by atoms with Crippen molar-refractivity contribution >= 4 is 11.9 Å². The summed E-state index contributed by atoms with van der Waals surface area (Å²) < 4.78 is 6.43. The summed E-state index contributed by atoms with van der Waals surface area (Å²) in [5, 5.41) is 16.1. The van der Waals surface area contributed by atoms with E-state index in [4.69, 9.17) is 10.00 Å². The van der Waals surface area contributed by atoms with Crippen LogP contribution in [0.1, 0.15) is 46.2 Å². The van der Waals surface area contributed by atoms with Gasteiger partial charge in [-0.3, -0.25) is 14.5 Å². The van der Waals surface area contributed by atoms with Crippen LogP contribution < -0.4 is 5.32 Å². The zero-order chi connectivity index (χ0) is 17.8. The second kappa shape index (κ2) is 7.13. The van der Waals surface area contributed by atoms with Crippen molar-refractivity contribution in [1.29, 1.82) is 5.26 Å². The summed E-state index contributed by atoms with van der Waals surface area (Å²) >= 11 is 0. The SMILES string of the molecule is COC(=O)c1cc2n(n1)CCCC2NC(=O)Cc1cncc(C#N)c1. The van der Waals surface area contributed by atoms with E-state index in [0.717, 1.165) is 18.5 Å². The molecule has 1 atom stereocenters. The topological polar surface area (TPSA) is 110 Å². The molecule has 0 spiro atoms. The van der Waals surface area contributed by atoms with E-state index in [2.05, 4.69) is 15.4 Å². The number of aryl methyl sites for hydroxylation is 1. The van der Waals surface area contributed by atoms with Crippen molar-refractivity contribution in [2.75, 3.05) is 7.11 Å². The summed E-state index contributed by atoms with van der Waals surface area (Å²) in [4.78, 5) is 27.9. The lowest BCUT2D eigenvalue weighted by Crippen LogP contribution is -2.33. The second-order valence-corrected chi connectivity index (χ2v) is 5.80. The fourth-order valence-electron chi connectivity index (χ4n) is 2.91. The first-order valence-electron chi connectivity index (χ1n) is 7.90. The van der Waals surface area contributed by atoms with Crippen LogP contribution in [0, 0.1) is 11.3 Å². The summed E-state index contributed by atoms with van der Waals surface area (Å²) in [5.74, 6) is -0.664. The number of carbonyl (C=O) groups excluding carboxylic acids is 2. The zero-order valence-corrected chi connectivity index (χ0v) is 13.7. The fourth-order valence-corrected chi connectivity index (χ4v) is 2.91. The number of aromatic nitrogens is 3. The largest absolute Gasteiger partial charge is 0.464 e. The molecule has 0 bridgehead atoms. The predicted octanol–water partition coefficient (Wildman–Crippen LogP) is 1.13. The molecule has 25 heavy (non-hydrogen) atoms. The van der Waals surface area contributed by atoms with Gasteiger partial charge in [0.25, 0.3) is 0 Å².